The van der Waals surface area contributed by atoms with E-state index in [-0.39, 0.29) is 5.82 Å². The fourth-order valence-corrected chi connectivity index (χ4v) is 2.59. The maximum absolute atomic E-state index is 12.9. The summed E-state index contributed by atoms with van der Waals surface area (Å²) in [5.74, 6) is -0.214. The van der Waals surface area contributed by atoms with Crippen molar-refractivity contribution in [1.82, 2.24) is 4.90 Å². The highest BCUT2D eigenvalue weighted by molar-refractivity contribution is 9.10. The van der Waals surface area contributed by atoms with Gasteiger partial charge in [0.05, 0.1) is 0 Å². The Morgan fingerprint density at radius 2 is 2.25 bits per heavy atom. The molecule has 1 aromatic carbocycles. The fraction of sp³-hybridized carbons (Fsp3) is 0.500. The summed E-state index contributed by atoms with van der Waals surface area (Å²) in [6, 6.07) is 5.81. The van der Waals surface area contributed by atoms with Gasteiger partial charge in [-0.3, -0.25) is 0 Å². The minimum atomic E-state index is -0.214. The molecule has 1 saturated heterocycles. The summed E-state index contributed by atoms with van der Waals surface area (Å²) < 4.78 is 13.7. The number of rotatable bonds is 2. The van der Waals surface area contributed by atoms with Crippen LogP contribution in [0.3, 0.4) is 0 Å². The lowest BCUT2D eigenvalue weighted by molar-refractivity contribution is 0.330. The number of benzene rings is 1. The molecule has 0 aliphatic carbocycles. The highest BCUT2D eigenvalue weighted by Crippen LogP contribution is 2.26. The highest BCUT2D eigenvalue weighted by atomic mass is 79.9. The van der Waals surface area contributed by atoms with Crippen LogP contribution in [0.2, 0.25) is 0 Å². The van der Waals surface area contributed by atoms with E-state index in [1.165, 1.54) is 12.1 Å². The summed E-state index contributed by atoms with van der Waals surface area (Å²) in [5.41, 5.74) is 0.967. The van der Waals surface area contributed by atoms with Crippen LogP contribution >= 0.6 is 15.9 Å². The van der Waals surface area contributed by atoms with Crippen LogP contribution in [0.15, 0.2) is 22.7 Å². The van der Waals surface area contributed by atoms with Crippen LogP contribution in [-0.2, 0) is 0 Å². The Kier molecular flexibility index (Phi) is 3.50. The maximum Gasteiger partial charge on any atom is 0.124 e. The summed E-state index contributed by atoms with van der Waals surface area (Å²) in [5, 5.41) is 3.44. The lowest BCUT2D eigenvalue weighted by Crippen LogP contribution is -2.25. The first-order chi connectivity index (χ1) is 7.56. The molecule has 0 aromatic heterocycles. The monoisotopic (exact) mass is 286 g/mol. The largest absolute Gasteiger partial charge is 0.380 e. The molecule has 1 aromatic rings. The third-order valence-electron chi connectivity index (χ3n) is 3.18. The van der Waals surface area contributed by atoms with Crippen molar-refractivity contribution in [3.8, 4) is 0 Å². The second-order valence-electron chi connectivity index (χ2n) is 4.49. The third kappa shape index (κ3) is 2.55. The van der Waals surface area contributed by atoms with Crippen molar-refractivity contribution in [2.24, 2.45) is 0 Å². The highest BCUT2D eigenvalue weighted by Gasteiger charge is 2.26. The minimum Gasteiger partial charge on any atom is -0.380 e. The van der Waals surface area contributed by atoms with Gasteiger partial charge in [-0.15, -0.1) is 0 Å². The van der Waals surface area contributed by atoms with E-state index in [1.54, 1.807) is 6.07 Å². The van der Waals surface area contributed by atoms with Gasteiger partial charge >= 0.3 is 0 Å². The van der Waals surface area contributed by atoms with Crippen LogP contribution in [0.1, 0.15) is 13.3 Å². The molecule has 0 amide bonds. The Morgan fingerprint density at radius 3 is 2.81 bits per heavy atom. The van der Waals surface area contributed by atoms with Crippen LogP contribution in [0.5, 0.6) is 0 Å². The Balaban J connectivity index is 2.05. The molecule has 1 fully saturated rings. The van der Waals surface area contributed by atoms with Gasteiger partial charge in [0, 0.05) is 28.8 Å². The molecule has 0 spiro atoms. The van der Waals surface area contributed by atoms with Gasteiger partial charge in [0.1, 0.15) is 5.82 Å². The molecule has 1 aliphatic rings. The summed E-state index contributed by atoms with van der Waals surface area (Å²) in [6.45, 7) is 3.26. The fourth-order valence-electron chi connectivity index (χ4n) is 2.12. The van der Waals surface area contributed by atoms with E-state index in [4.69, 9.17) is 0 Å². The van der Waals surface area contributed by atoms with Crippen LogP contribution in [0, 0.1) is 5.82 Å². The van der Waals surface area contributed by atoms with E-state index < -0.39 is 0 Å². The Bertz CT molecular complexity index is 373. The molecule has 4 heteroatoms. The minimum absolute atomic E-state index is 0.214. The van der Waals surface area contributed by atoms with E-state index in [0.717, 1.165) is 23.1 Å². The van der Waals surface area contributed by atoms with E-state index in [1.807, 2.05) is 0 Å². The molecule has 0 saturated carbocycles. The lowest BCUT2D eigenvalue weighted by atomic mass is 10.2. The van der Waals surface area contributed by atoms with Gasteiger partial charge in [0.2, 0.25) is 0 Å². The van der Waals surface area contributed by atoms with Gasteiger partial charge in [-0.2, -0.15) is 0 Å². The average molecular weight is 287 g/mol. The Hall–Kier alpha value is -0.610. The Labute approximate surface area is 104 Å². The van der Waals surface area contributed by atoms with Gasteiger partial charge in [-0.25, -0.2) is 4.39 Å². The topological polar surface area (TPSA) is 15.3 Å². The number of nitrogens with zero attached hydrogens (tertiary/aromatic N) is 1. The predicted molar refractivity (Wildman–Crippen MR) is 68.2 cm³/mol. The van der Waals surface area contributed by atoms with E-state index in [0.29, 0.717) is 12.1 Å². The SMILES string of the molecule is CC1CC(Nc2ccc(F)cc2Br)CN1C. The molecular weight excluding hydrogens is 271 g/mol. The van der Waals surface area contributed by atoms with Gasteiger partial charge in [0.15, 0.2) is 0 Å². The molecular formula is C12H16BrFN2. The van der Waals surface area contributed by atoms with Crippen molar-refractivity contribution in [2.45, 2.75) is 25.4 Å². The summed E-state index contributed by atoms with van der Waals surface area (Å²) in [4.78, 5) is 2.33. The van der Waals surface area contributed by atoms with Gasteiger partial charge in [0.25, 0.3) is 0 Å². The van der Waals surface area contributed by atoms with E-state index in [9.17, 15) is 4.39 Å². The first-order valence-corrected chi connectivity index (χ1v) is 6.27. The lowest BCUT2D eigenvalue weighted by Gasteiger charge is -2.15. The number of nitrogens with one attached hydrogen (secondary N) is 1. The normalized spacial score (nSPS) is 26.0. The van der Waals surface area contributed by atoms with Crippen molar-refractivity contribution in [3.63, 3.8) is 0 Å². The average Bonchev–Trinajstić information content (AvgIpc) is 2.51. The number of halogens is 2. The standard InChI is InChI=1S/C12H16BrFN2/c1-8-5-10(7-16(8)2)15-12-4-3-9(14)6-11(12)13/h3-4,6,8,10,15H,5,7H2,1-2H3. The second kappa shape index (κ2) is 4.72. The molecule has 2 rings (SSSR count). The zero-order valence-electron chi connectivity index (χ0n) is 9.50. The quantitative estimate of drug-likeness (QED) is 0.899. The Morgan fingerprint density at radius 1 is 1.50 bits per heavy atom. The van der Waals surface area contributed by atoms with Crippen molar-refractivity contribution >= 4 is 21.6 Å². The number of anilines is 1. The zero-order chi connectivity index (χ0) is 11.7. The molecule has 1 N–H and O–H groups in total. The first kappa shape index (κ1) is 11.9. The van der Waals surface area contributed by atoms with Gasteiger partial charge in [-0.05, 0) is 54.5 Å². The molecule has 1 heterocycles. The van der Waals surface area contributed by atoms with Crippen molar-refractivity contribution < 1.29 is 4.39 Å². The third-order valence-corrected chi connectivity index (χ3v) is 3.83. The predicted octanol–water partition coefficient (Wildman–Crippen LogP) is 3.09. The molecule has 0 bridgehead atoms. The smallest absolute Gasteiger partial charge is 0.124 e. The maximum atomic E-state index is 12.9. The number of hydrogen-bond donors (Lipinski definition) is 1. The van der Waals surface area contributed by atoms with Gasteiger partial charge in [-0.1, -0.05) is 0 Å². The van der Waals surface area contributed by atoms with Crippen LogP contribution in [0.25, 0.3) is 0 Å². The zero-order valence-corrected chi connectivity index (χ0v) is 11.1. The molecule has 88 valence electrons. The summed E-state index contributed by atoms with van der Waals surface area (Å²) in [6.07, 6.45) is 1.13. The molecule has 2 unspecified atom stereocenters. The van der Waals surface area contributed by atoms with Crippen LogP contribution < -0.4 is 5.32 Å². The number of likely N-dealkylation sites (N-methyl/N-ethyl adjacent to an activating group) is 1. The van der Waals surface area contributed by atoms with Crippen LogP contribution in [-0.4, -0.2) is 30.6 Å². The van der Waals surface area contributed by atoms with Gasteiger partial charge < -0.3 is 10.2 Å². The second-order valence-corrected chi connectivity index (χ2v) is 5.34. The molecule has 1 aliphatic heterocycles. The first-order valence-electron chi connectivity index (χ1n) is 5.48. The summed E-state index contributed by atoms with van der Waals surface area (Å²) in [7, 11) is 2.13. The van der Waals surface area contributed by atoms with E-state index >= 15 is 0 Å². The summed E-state index contributed by atoms with van der Waals surface area (Å²) >= 11 is 3.37. The number of hydrogen-bond acceptors (Lipinski definition) is 2. The molecule has 2 atom stereocenters. The molecule has 2 nitrogen and oxygen atoms in total. The van der Waals surface area contributed by atoms with E-state index in [2.05, 4.69) is 40.1 Å². The van der Waals surface area contributed by atoms with Crippen LogP contribution in [0.4, 0.5) is 10.1 Å². The number of likely N-dealkylation sites (tertiary alicyclic amines) is 1. The van der Waals surface area contributed by atoms with Crippen molar-refractivity contribution in [1.29, 1.82) is 0 Å². The molecule has 0 radical (unpaired) electrons. The van der Waals surface area contributed by atoms with Crippen molar-refractivity contribution in [2.75, 3.05) is 18.9 Å². The van der Waals surface area contributed by atoms with Crippen molar-refractivity contribution in [3.05, 3.63) is 28.5 Å². The molecule has 16 heavy (non-hydrogen) atoms.